The molecular weight excluding hydrogens is 275 g/mol. The Labute approximate surface area is 103 Å². The van der Waals surface area contributed by atoms with Crippen molar-refractivity contribution in [2.24, 2.45) is 4.99 Å². The van der Waals surface area contributed by atoms with Gasteiger partial charge in [-0.2, -0.15) is 0 Å². The second-order valence-corrected chi connectivity index (χ2v) is 4.71. The summed E-state index contributed by atoms with van der Waals surface area (Å²) < 4.78 is 0.903. The number of nitrogens with one attached hydrogen (secondary N) is 1. The van der Waals surface area contributed by atoms with E-state index in [1.165, 1.54) is 12.8 Å². The fraction of sp³-hybridized carbons (Fsp3) is 0.364. The molecule has 0 bridgehead atoms. The molecule has 4 heteroatoms. The second kappa shape index (κ2) is 4.99. The van der Waals surface area contributed by atoms with Crippen LogP contribution in [0.25, 0.3) is 0 Å². The van der Waals surface area contributed by atoms with Crippen molar-refractivity contribution in [2.75, 3.05) is 11.9 Å². The Morgan fingerprint density at radius 3 is 2.93 bits per heavy atom. The number of aliphatic imine (C=N–C) groups is 1. The molecule has 80 valence electrons. The van der Waals surface area contributed by atoms with Gasteiger partial charge in [0.2, 0.25) is 0 Å². The highest BCUT2D eigenvalue weighted by Gasteiger charge is 2.08. The molecule has 1 aromatic rings. The Balaban J connectivity index is 2.16. The van der Waals surface area contributed by atoms with Crippen LogP contribution in [-0.4, -0.2) is 12.4 Å². The highest BCUT2D eigenvalue weighted by molar-refractivity contribution is 9.10. The van der Waals surface area contributed by atoms with Gasteiger partial charge in [-0.25, -0.2) is 0 Å². The van der Waals surface area contributed by atoms with Crippen LogP contribution < -0.4 is 5.32 Å². The third kappa shape index (κ3) is 2.73. The Kier molecular flexibility index (Phi) is 3.65. The number of anilines is 1. The molecule has 1 N–H and O–H groups in total. The van der Waals surface area contributed by atoms with Gasteiger partial charge in [0.25, 0.3) is 0 Å². The molecule has 0 aliphatic carbocycles. The van der Waals surface area contributed by atoms with Crippen LogP contribution in [0.2, 0.25) is 5.02 Å². The van der Waals surface area contributed by atoms with E-state index in [1.807, 2.05) is 18.2 Å². The third-order valence-electron chi connectivity index (χ3n) is 2.35. The first-order chi connectivity index (χ1) is 7.27. The first kappa shape index (κ1) is 11.0. The number of hydrogen-bond acceptors (Lipinski definition) is 2. The molecule has 0 unspecified atom stereocenters. The van der Waals surface area contributed by atoms with Gasteiger partial charge in [-0.05, 0) is 40.9 Å². The second-order valence-electron chi connectivity index (χ2n) is 3.51. The number of rotatable bonds is 1. The summed E-state index contributed by atoms with van der Waals surface area (Å²) in [6, 6.07) is 5.78. The monoisotopic (exact) mass is 286 g/mol. The van der Waals surface area contributed by atoms with Crippen LogP contribution in [0.5, 0.6) is 0 Å². The van der Waals surface area contributed by atoms with Crippen LogP contribution in [0.1, 0.15) is 19.3 Å². The van der Waals surface area contributed by atoms with E-state index in [0.29, 0.717) is 0 Å². The van der Waals surface area contributed by atoms with Gasteiger partial charge in [0.05, 0.1) is 15.2 Å². The number of halogens is 2. The van der Waals surface area contributed by atoms with Crippen molar-refractivity contribution in [2.45, 2.75) is 19.3 Å². The summed E-state index contributed by atoms with van der Waals surface area (Å²) in [6.07, 6.45) is 3.44. The maximum absolute atomic E-state index is 6.00. The van der Waals surface area contributed by atoms with Crippen LogP contribution >= 0.6 is 27.5 Å². The highest BCUT2D eigenvalue weighted by atomic mass is 79.9. The normalized spacial score (nSPS) is 16.0. The zero-order valence-electron chi connectivity index (χ0n) is 8.26. The molecule has 0 saturated heterocycles. The smallest absolute Gasteiger partial charge is 0.101 e. The lowest BCUT2D eigenvalue weighted by atomic mass is 10.2. The maximum Gasteiger partial charge on any atom is 0.101 e. The lowest BCUT2D eigenvalue weighted by Gasteiger charge is -2.15. The molecule has 0 fully saturated rings. The molecule has 2 rings (SSSR count). The minimum absolute atomic E-state index is 0.719. The first-order valence-electron chi connectivity index (χ1n) is 5.02. The Morgan fingerprint density at radius 1 is 1.33 bits per heavy atom. The Hall–Kier alpha value is -0.540. The highest BCUT2D eigenvalue weighted by Crippen LogP contribution is 2.30. The molecule has 1 aromatic carbocycles. The van der Waals surface area contributed by atoms with Crippen LogP contribution in [-0.2, 0) is 0 Å². The average molecular weight is 288 g/mol. The minimum Gasteiger partial charge on any atom is -0.343 e. The molecule has 0 radical (unpaired) electrons. The largest absolute Gasteiger partial charge is 0.343 e. The molecule has 0 aromatic heterocycles. The number of hydrogen-bond donors (Lipinski definition) is 1. The number of nitrogens with zero attached hydrogens (tertiary/aromatic N) is 1. The lowest BCUT2D eigenvalue weighted by molar-refractivity contribution is 0.737. The number of benzene rings is 1. The average Bonchev–Trinajstić information content (AvgIpc) is 2.26. The van der Waals surface area contributed by atoms with Crippen LogP contribution in [0.3, 0.4) is 0 Å². The quantitative estimate of drug-likeness (QED) is 0.826. The molecular formula is C11H12BrClN2. The Bertz CT molecular complexity index is 390. The van der Waals surface area contributed by atoms with Gasteiger partial charge < -0.3 is 5.32 Å². The van der Waals surface area contributed by atoms with E-state index in [0.717, 1.165) is 34.0 Å². The standard InChI is InChI=1S/C11H12BrClN2/c12-11-8(13)4-3-5-9(11)15-10-6-1-2-7-14-10/h3-5H,1-2,6-7H2,(H,14,15). The van der Waals surface area contributed by atoms with Gasteiger partial charge in [-0.15, -0.1) is 0 Å². The summed E-state index contributed by atoms with van der Waals surface area (Å²) in [5.74, 6) is 1.06. The van der Waals surface area contributed by atoms with E-state index in [-0.39, 0.29) is 0 Å². The van der Waals surface area contributed by atoms with Gasteiger partial charge >= 0.3 is 0 Å². The van der Waals surface area contributed by atoms with Gasteiger partial charge in [0, 0.05) is 13.0 Å². The lowest BCUT2D eigenvalue weighted by Crippen LogP contribution is -2.16. The van der Waals surface area contributed by atoms with Gasteiger partial charge in [0.1, 0.15) is 5.84 Å². The zero-order chi connectivity index (χ0) is 10.7. The fourth-order valence-corrected chi connectivity index (χ4v) is 2.09. The SMILES string of the molecule is Clc1cccc(NC2=NCCCC2)c1Br. The molecule has 0 saturated carbocycles. The summed E-state index contributed by atoms with van der Waals surface area (Å²) in [6.45, 7) is 0.931. The minimum atomic E-state index is 0.719. The van der Waals surface area contributed by atoms with E-state index < -0.39 is 0 Å². The van der Waals surface area contributed by atoms with E-state index in [9.17, 15) is 0 Å². The predicted octanol–water partition coefficient (Wildman–Crippen LogP) is 4.10. The zero-order valence-corrected chi connectivity index (χ0v) is 10.6. The van der Waals surface area contributed by atoms with Crippen molar-refractivity contribution in [3.05, 3.63) is 27.7 Å². The van der Waals surface area contributed by atoms with Gasteiger partial charge in [0.15, 0.2) is 0 Å². The van der Waals surface area contributed by atoms with Crippen LogP contribution in [0.4, 0.5) is 5.69 Å². The van der Waals surface area contributed by atoms with E-state index in [1.54, 1.807) is 0 Å². The Morgan fingerprint density at radius 2 is 2.20 bits per heavy atom. The molecule has 1 heterocycles. The molecule has 2 nitrogen and oxygen atoms in total. The molecule has 0 spiro atoms. The summed E-state index contributed by atoms with van der Waals surface area (Å²) in [4.78, 5) is 4.44. The van der Waals surface area contributed by atoms with E-state index in [4.69, 9.17) is 11.6 Å². The van der Waals surface area contributed by atoms with Crippen molar-refractivity contribution < 1.29 is 0 Å². The summed E-state index contributed by atoms with van der Waals surface area (Å²) in [7, 11) is 0. The molecule has 0 atom stereocenters. The molecule has 1 aliphatic rings. The predicted molar refractivity (Wildman–Crippen MR) is 68.9 cm³/mol. The fourth-order valence-electron chi connectivity index (χ4n) is 1.56. The van der Waals surface area contributed by atoms with Crippen molar-refractivity contribution in [1.82, 2.24) is 0 Å². The summed E-state index contributed by atoms with van der Waals surface area (Å²) in [5, 5.41) is 4.03. The number of amidine groups is 1. The summed E-state index contributed by atoms with van der Waals surface area (Å²) in [5.41, 5.74) is 0.989. The molecule has 1 aliphatic heterocycles. The summed E-state index contributed by atoms with van der Waals surface area (Å²) >= 11 is 9.46. The van der Waals surface area contributed by atoms with Crippen LogP contribution in [0.15, 0.2) is 27.7 Å². The van der Waals surface area contributed by atoms with E-state index >= 15 is 0 Å². The van der Waals surface area contributed by atoms with Gasteiger partial charge in [-0.3, -0.25) is 4.99 Å². The van der Waals surface area contributed by atoms with Crippen molar-refractivity contribution in [3.8, 4) is 0 Å². The maximum atomic E-state index is 6.00. The third-order valence-corrected chi connectivity index (χ3v) is 3.75. The van der Waals surface area contributed by atoms with E-state index in [2.05, 4.69) is 26.2 Å². The molecule has 15 heavy (non-hydrogen) atoms. The van der Waals surface area contributed by atoms with Crippen molar-refractivity contribution in [1.29, 1.82) is 0 Å². The van der Waals surface area contributed by atoms with Gasteiger partial charge in [-0.1, -0.05) is 17.7 Å². The topological polar surface area (TPSA) is 24.4 Å². The van der Waals surface area contributed by atoms with Crippen molar-refractivity contribution >= 4 is 39.1 Å². The first-order valence-corrected chi connectivity index (χ1v) is 6.19. The van der Waals surface area contributed by atoms with Crippen LogP contribution in [0, 0.1) is 0 Å². The van der Waals surface area contributed by atoms with Crippen molar-refractivity contribution in [3.63, 3.8) is 0 Å². The molecule has 0 amide bonds.